The first kappa shape index (κ1) is 21.6. The van der Waals surface area contributed by atoms with Crippen molar-refractivity contribution in [3.8, 4) is 0 Å². The standard InChI is InChI=1S/C22H34N4O3S/c1-23-22(25-15-19-7-3-4-8-20(19)16-25)24-14-18-6-2-5-9-21(18)17-30(27,28)26-10-12-29-13-11-26/h2,5-6,9,19-20H,3-4,7-8,10-17H2,1H3,(H,23,24). The van der Waals surface area contributed by atoms with Gasteiger partial charge in [-0.15, -0.1) is 0 Å². The van der Waals surface area contributed by atoms with E-state index in [0.717, 1.165) is 42.0 Å². The Labute approximate surface area is 180 Å². The molecule has 3 aliphatic rings. The number of nitrogens with one attached hydrogen (secondary N) is 1. The van der Waals surface area contributed by atoms with Gasteiger partial charge in [-0.3, -0.25) is 4.99 Å². The summed E-state index contributed by atoms with van der Waals surface area (Å²) in [5, 5.41) is 3.49. The van der Waals surface area contributed by atoms with Gasteiger partial charge in [-0.05, 0) is 35.8 Å². The molecule has 2 saturated heterocycles. The molecule has 2 atom stereocenters. The summed E-state index contributed by atoms with van der Waals surface area (Å²) in [7, 11) is -1.52. The van der Waals surface area contributed by atoms with Crippen molar-refractivity contribution in [2.24, 2.45) is 16.8 Å². The Balaban J connectivity index is 1.40. The Bertz CT molecular complexity index is 838. The number of nitrogens with zero attached hydrogens (tertiary/aromatic N) is 3. The van der Waals surface area contributed by atoms with Gasteiger partial charge in [0.05, 0.1) is 19.0 Å². The average Bonchev–Trinajstić information content (AvgIpc) is 3.20. The SMILES string of the molecule is CN=C(NCc1ccccc1CS(=O)(=O)N1CCOCC1)N1CC2CCCCC2C1. The fraction of sp³-hybridized carbons (Fsp3) is 0.682. The van der Waals surface area contributed by atoms with E-state index in [0.29, 0.717) is 32.8 Å². The lowest BCUT2D eigenvalue weighted by Gasteiger charge is -2.26. The van der Waals surface area contributed by atoms with E-state index in [2.05, 4.69) is 15.2 Å². The predicted molar refractivity (Wildman–Crippen MR) is 119 cm³/mol. The number of ether oxygens (including phenoxy) is 1. The van der Waals surface area contributed by atoms with Crippen LogP contribution in [0.1, 0.15) is 36.8 Å². The smallest absolute Gasteiger partial charge is 0.218 e. The van der Waals surface area contributed by atoms with Gasteiger partial charge in [0.15, 0.2) is 5.96 Å². The van der Waals surface area contributed by atoms with Crippen LogP contribution in [0, 0.1) is 11.8 Å². The van der Waals surface area contributed by atoms with Crippen LogP contribution in [0.25, 0.3) is 0 Å². The van der Waals surface area contributed by atoms with E-state index >= 15 is 0 Å². The molecule has 1 saturated carbocycles. The lowest BCUT2D eigenvalue weighted by molar-refractivity contribution is 0.0729. The molecular weight excluding hydrogens is 400 g/mol. The number of rotatable bonds is 5. The number of hydrogen-bond donors (Lipinski definition) is 1. The van der Waals surface area contributed by atoms with Crippen molar-refractivity contribution in [3.63, 3.8) is 0 Å². The largest absolute Gasteiger partial charge is 0.379 e. The highest BCUT2D eigenvalue weighted by atomic mass is 32.2. The summed E-state index contributed by atoms with van der Waals surface area (Å²) in [6, 6.07) is 7.80. The minimum Gasteiger partial charge on any atom is -0.379 e. The summed E-state index contributed by atoms with van der Waals surface area (Å²) in [5.74, 6) is 2.54. The van der Waals surface area contributed by atoms with Gasteiger partial charge in [-0.2, -0.15) is 4.31 Å². The Morgan fingerprint density at radius 2 is 1.73 bits per heavy atom. The molecule has 4 rings (SSSR count). The Morgan fingerprint density at radius 1 is 1.10 bits per heavy atom. The van der Waals surface area contributed by atoms with Crippen LogP contribution in [0.3, 0.4) is 0 Å². The number of sulfonamides is 1. The second-order valence-corrected chi connectivity index (χ2v) is 10.6. The van der Waals surface area contributed by atoms with E-state index in [4.69, 9.17) is 4.74 Å². The molecule has 2 unspecified atom stereocenters. The molecule has 1 aliphatic carbocycles. The number of benzene rings is 1. The van der Waals surface area contributed by atoms with E-state index in [1.807, 2.05) is 31.3 Å². The van der Waals surface area contributed by atoms with Crippen molar-refractivity contribution in [2.75, 3.05) is 46.4 Å². The number of morpholine rings is 1. The molecule has 2 heterocycles. The first-order valence-electron chi connectivity index (χ1n) is 11.1. The Morgan fingerprint density at radius 3 is 2.37 bits per heavy atom. The van der Waals surface area contributed by atoms with Gasteiger partial charge in [0.2, 0.25) is 10.0 Å². The minimum absolute atomic E-state index is 0.0251. The fourth-order valence-corrected chi connectivity index (χ4v) is 6.63. The zero-order valence-electron chi connectivity index (χ0n) is 17.9. The zero-order valence-corrected chi connectivity index (χ0v) is 18.7. The second-order valence-electron chi connectivity index (χ2n) is 8.65. The molecular formula is C22H34N4O3S. The van der Waals surface area contributed by atoms with Crippen LogP contribution >= 0.6 is 0 Å². The van der Waals surface area contributed by atoms with Crippen LogP contribution in [-0.4, -0.2) is 70.0 Å². The summed E-state index contributed by atoms with van der Waals surface area (Å²) < 4.78 is 32.6. The van der Waals surface area contributed by atoms with Gasteiger partial charge in [0, 0.05) is 39.8 Å². The van der Waals surface area contributed by atoms with E-state index in [-0.39, 0.29) is 5.75 Å². The molecule has 0 aromatic heterocycles. The zero-order chi connectivity index (χ0) is 21.0. The van der Waals surface area contributed by atoms with Crippen molar-refractivity contribution >= 4 is 16.0 Å². The van der Waals surface area contributed by atoms with E-state index in [1.165, 1.54) is 25.7 Å². The van der Waals surface area contributed by atoms with Gasteiger partial charge in [-0.1, -0.05) is 37.1 Å². The van der Waals surface area contributed by atoms with Crippen LogP contribution in [0.5, 0.6) is 0 Å². The molecule has 30 heavy (non-hydrogen) atoms. The van der Waals surface area contributed by atoms with E-state index in [9.17, 15) is 8.42 Å². The van der Waals surface area contributed by atoms with Crippen LogP contribution in [-0.2, 0) is 27.1 Å². The third kappa shape index (κ3) is 4.98. The normalized spacial score (nSPS) is 25.9. The average molecular weight is 435 g/mol. The molecule has 7 nitrogen and oxygen atoms in total. The maximum atomic E-state index is 12.9. The molecule has 166 valence electrons. The highest BCUT2D eigenvalue weighted by molar-refractivity contribution is 7.88. The Kier molecular flexibility index (Phi) is 6.95. The quantitative estimate of drug-likeness (QED) is 0.567. The van der Waals surface area contributed by atoms with Gasteiger partial charge >= 0.3 is 0 Å². The van der Waals surface area contributed by atoms with Crippen molar-refractivity contribution in [1.29, 1.82) is 0 Å². The lowest BCUT2D eigenvalue weighted by atomic mass is 9.82. The molecule has 2 aliphatic heterocycles. The first-order valence-corrected chi connectivity index (χ1v) is 12.8. The van der Waals surface area contributed by atoms with Crippen LogP contribution < -0.4 is 5.32 Å². The van der Waals surface area contributed by atoms with Gasteiger partial charge in [-0.25, -0.2) is 8.42 Å². The molecule has 8 heteroatoms. The lowest BCUT2D eigenvalue weighted by Crippen LogP contribution is -2.41. The molecule has 1 N–H and O–H groups in total. The highest BCUT2D eigenvalue weighted by Crippen LogP contribution is 2.36. The molecule has 0 radical (unpaired) electrons. The molecule has 0 bridgehead atoms. The van der Waals surface area contributed by atoms with Gasteiger partial charge in [0.1, 0.15) is 0 Å². The Hall–Kier alpha value is -1.64. The second kappa shape index (κ2) is 9.66. The molecule has 0 spiro atoms. The molecule has 1 aromatic rings. The fourth-order valence-electron chi connectivity index (χ4n) is 5.07. The van der Waals surface area contributed by atoms with Crippen molar-refractivity contribution in [1.82, 2.24) is 14.5 Å². The van der Waals surface area contributed by atoms with Crippen LogP contribution in [0.4, 0.5) is 0 Å². The van der Waals surface area contributed by atoms with Crippen molar-refractivity contribution in [2.45, 2.75) is 38.0 Å². The maximum absolute atomic E-state index is 12.9. The number of aliphatic imine (C=N–C) groups is 1. The van der Waals surface area contributed by atoms with E-state index < -0.39 is 10.0 Å². The number of guanidine groups is 1. The monoisotopic (exact) mass is 434 g/mol. The topological polar surface area (TPSA) is 74.2 Å². The summed E-state index contributed by atoms with van der Waals surface area (Å²) in [6.07, 6.45) is 5.37. The third-order valence-corrected chi connectivity index (χ3v) is 8.57. The minimum atomic E-state index is -3.35. The van der Waals surface area contributed by atoms with Crippen molar-refractivity contribution < 1.29 is 13.2 Å². The molecule has 3 fully saturated rings. The maximum Gasteiger partial charge on any atom is 0.218 e. The third-order valence-electron chi connectivity index (χ3n) is 6.74. The summed E-state index contributed by atoms with van der Waals surface area (Å²) >= 11 is 0. The predicted octanol–water partition coefficient (Wildman–Crippen LogP) is 2.05. The summed E-state index contributed by atoms with van der Waals surface area (Å²) in [5.41, 5.74) is 1.86. The number of likely N-dealkylation sites (tertiary alicyclic amines) is 1. The number of fused-ring (bicyclic) bond motifs is 1. The highest BCUT2D eigenvalue weighted by Gasteiger charge is 2.35. The van der Waals surface area contributed by atoms with E-state index in [1.54, 1.807) is 4.31 Å². The first-order chi connectivity index (χ1) is 14.6. The summed E-state index contributed by atoms with van der Waals surface area (Å²) in [4.78, 5) is 6.89. The molecule has 0 amide bonds. The number of hydrogen-bond acceptors (Lipinski definition) is 4. The van der Waals surface area contributed by atoms with Gasteiger partial charge in [0.25, 0.3) is 0 Å². The van der Waals surface area contributed by atoms with Crippen molar-refractivity contribution in [3.05, 3.63) is 35.4 Å². The van der Waals surface area contributed by atoms with Gasteiger partial charge < -0.3 is 15.0 Å². The summed E-state index contributed by atoms with van der Waals surface area (Å²) in [6.45, 7) is 4.55. The van der Waals surface area contributed by atoms with Crippen LogP contribution in [0.15, 0.2) is 29.3 Å². The van der Waals surface area contributed by atoms with Crippen LogP contribution in [0.2, 0.25) is 0 Å². The molecule has 1 aromatic carbocycles.